The van der Waals surface area contributed by atoms with Crippen molar-refractivity contribution in [2.24, 2.45) is 5.92 Å². The molecule has 0 radical (unpaired) electrons. The number of hydrogen-bond acceptors (Lipinski definition) is 6. The van der Waals surface area contributed by atoms with Gasteiger partial charge in [0.05, 0.1) is 24.2 Å². The molecule has 0 N–H and O–H groups in total. The number of piperidine rings is 1. The maximum absolute atomic E-state index is 15.6. The lowest BCUT2D eigenvalue weighted by Crippen LogP contribution is -2.55. The van der Waals surface area contributed by atoms with Crippen LogP contribution < -0.4 is 4.74 Å². The molecule has 236 valence electrons. The third-order valence-corrected chi connectivity index (χ3v) is 10.9. The maximum Gasteiger partial charge on any atom is 0.410 e. The summed E-state index contributed by atoms with van der Waals surface area (Å²) < 4.78 is 74.9. The summed E-state index contributed by atoms with van der Waals surface area (Å²) in [7, 11) is -3.61. The Hall–Kier alpha value is -2.43. The zero-order valence-electron chi connectivity index (χ0n) is 24.9. The Morgan fingerprint density at radius 2 is 1.84 bits per heavy atom. The fourth-order valence-corrected chi connectivity index (χ4v) is 8.72. The van der Waals surface area contributed by atoms with Gasteiger partial charge in [0.2, 0.25) is 0 Å². The second-order valence-electron chi connectivity index (χ2n) is 13.0. The number of nitrogens with zero attached hydrogens (tertiary/aromatic N) is 1. The molecule has 2 saturated heterocycles. The van der Waals surface area contributed by atoms with Crippen molar-refractivity contribution in [2.45, 2.75) is 82.5 Å². The third-order valence-electron chi connectivity index (χ3n) is 8.85. The Morgan fingerprint density at radius 1 is 1.12 bits per heavy atom. The molecular weight excluding hydrogens is 600 g/mol. The van der Waals surface area contributed by atoms with E-state index in [0.717, 1.165) is 30.5 Å². The summed E-state index contributed by atoms with van der Waals surface area (Å²) in [6.07, 6.45) is 2.15. The highest BCUT2D eigenvalue weighted by Crippen LogP contribution is 2.52. The molecule has 0 unspecified atom stereocenters. The third kappa shape index (κ3) is 7.12. The number of amides is 1. The van der Waals surface area contributed by atoms with Crippen LogP contribution in [0.5, 0.6) is 5.75 Å². The van der Waals surface area contributed by atoms with E-state index in [4.69, 9.17) is 25.8 Å². The van der Waals surface area contributed by atoms with Gasteiger partial charge in [-0.2, -0.15) is 0 Å². The lowest BCUT2D eigenvalue weighted by atomic mass is 9.60. The predicted molar refractivity (Wildman–Crippen MR) is 160 cm³/mol. The van der Waals surface area contributed by atoms with Crippen LogP contribution in [0.15, 0.2) is 36.4 Å². The van der Waals surface area contributed by atoms with E-state index in [1.54, 1.807) is 37.8 Å². The van der Waals surface area contributed by atoms with E-state index in [1.165, 1.54) is 0 Å². The summed E-state index contributed by atoms with van der Waals surface area (Å²) in [6.45, 7) is 6.14. The molecule has 0 aromatic heterocycles. The first-order valence-electron chi connectivity index (χ1n) is 15.0. The molecule has 4 atom stereocenters. The molecule has 2 fully saturated rings. The maximum atomic E-state index is 15.6. The van der Waals surface area contributed by atoms with Gasteiger partial charge in [-0.1, -0.05) is 23.7 Å². The van der Waals surface area contributed by atoms with Gasteiger partial charge in [0, 0.05) is 41.1 Å². The zero-order chi connectivity index (χ0) is 31.0. The van der Waals surface area contributed by atoms with E-state index in [1.807, 2.05) is 12.1 Å². The van der Waals surface area contributed by atoms with Crippen LogP contribution in [0.25, 0.3) is 0 Å². The largest absolute Gasteiger partial charge is 0.490 e. The standard InChI is InChI=1S/C32H40ClF2NO6S/c1-31(2,3)42-30(37)36-15-5-4-6-23(36)20-43(38,39)17-13-27-24-19-41-29-26(35)12-11-25(34)28(29)32(24,14-16-40-27)18-21-7-9-22(33)10-8-21/h7-12,23-24,27H,4-6,13-20H2,1-3H3/t23-,24-,27-,32-/m0/s1. The first-order valence-corrected chi connectivity index (χ1v) is 17.2. The highest BCUT2D eigenvalue weighted by Gasteiger charge is 2.53. The Kier molecular flexibility index (Phi) is 9.31. The molecule has 1 amide bonds. The van der Waals surface area contributed by atoms with Crippen LogP contribution >= 0.6 is 11.6 Å². The first-order chi connectivity index (χ1) is 20.3. The predicted octanol–water partition coefficient (Wildman–Crippen LogP) is 6.49. The number of hydrogen-bond donors (Lipinski definition) is 0. The number of carbonyl (C=O) groups excluding carboxylic acids is 1. The number of carbonyl (C=O) groups is 1. The minimum Gasteiger partial charge on any atom is -0.490 e. The van der Waals surface area contributed by atoms with Crippen molar-refractivity contribution >= 4 is 27.5 Å². The molecule has 0 spiro atoms. The summed E-state index contributed by atoms with van der Waals surface area (Å²) in [5.74, 6) is -2.01. The monoisotopic (exact) mass is 639 g/mol. The van der Waals surface area contributed by atoms with Crippen molar-refractivity contribution in [3.8, 4) is 5.75 Å². The van der Waals surface area contributed by atoms with E-state index >= 15 is 4.39 Å². The molecule has 3 heterocycles. The molecule has 3 aliphatic rings. The fourth-order valence-electron chi connectivity index (χ4n) is 6.90. The van der Waals surface area contributed by atoms with Crippen LogP contribution in [0.2, 0.25) is 5.02 Å². The molecule has 43 heavy (non-hydrogen) atoms. The van der Waals surface area contributed by atoms with Crippen LogP contribution in [-0.2, 0) is 31.1 Å². The molecule has 0 saturated carbocycles. The van der Waals surface area contributed by atoms with E-state index in [-0.39, 0.29) is 42.5 Å². The molecule has 5 rings (SSSR count). The highest BCUT2D eigenvalue weighted by atomic mass is 35.5. The Morgan fingerprint density at radius 3 is 2.56 bits per heavy atom. The lowest BCUT2D eigenvalue weighted by Gasteiger charge is -2.51. The average Bonchev–Trinajstić information content (AvgIpc) is 2.94. The van der Waals surface area contributed by atoms with E-state index in [0.29, 0.717) is 30.8 Å². The number of fused-ring (bicyclic) bond motifs is 3. The topological polar surface area (TPSA) is 82.1 Å². The minimum absolute atomic E-state index is 0.0702. The van der Waals surface area contributed by atoms with E-state index in [9.17, 15) is 17.6 Å². The van der Waals surface area contributed by atoms with Crippen molar-refractivity contribution in [1.82, 2.24) is 4.90 Å². The average molecular weight is 640 g/mol. The van der Waals surface area contributed by atoms with Gasteiger partial charge in [0.1, 0.15) is 11.4 Å². The van der Waals surface area contributed by atoms with Crippen molar-refractivity contribution < 1.29 is 36.2 Å². The number of rotatable bonds is 7. The van der Waals surface area contributed by atoms with Crippen LogP contribution in [-0.4, -0.2) is 68.4 Å². The summed E-state index contributed by atoms with van der Waals surface area (Å²) in [5, 5.41) is 0.570. The van der Waals surface area contributed by atoms with Crippen molar-refractivity contribution in [2.75, 3.05) is 31.3 Å². The summed E-state index contributed by atoms with van der Waals surface area (Å²) in [6, 6.07) is 9.00. The van der Waals surface area contributed by atoms with Gasteiger partial charge in [0.25, 0.3) is 0 Å². The second-order valence-corrected chi connectivity index (χ2v) is 15.7. The quantitative estimate of drug-likeness (QED) is 0.345. The smallest absolute Gasteiger partial charge is 0.410 e. The van der Waals surface area contributed by atoms with Crippen LogP contribution in [0.3, 0.4) is 0 Å². The van der Waals surface area contributed by atoms with Gasteiger partial charge in [-0.25, -0.2) is 22.0 Å². The first kappa shape index (κ1) is 32.0. The van der Waals surface area contributed by atoms with E-state index in [2.05, 4.69) is 0 Å². The Labute approximate surface area is 257 Å². The lowest BCUT2D eigenvalue weighted by molar-refractivity contribution is -0.0963. The summed E-state index contributed by atoms with van der Waals surface area (Å²) in [4.78, 5) is 14.4. The second kappa shape index (κ2) is 12.5. The number of halogens is 3. The number of ether oxygens (including phenoxy) is 3. The van der Waals surface area contributed by atoms with Gasteiger partial charge in [-0.05, 0) is 89.1 Å². The van der Waals surface area contributed by atoms with Crippen molar-refractivity contribution in [3.63, 3.8) is 0 Å². The van der Waals surface area contributed by atoms with Gasteiger partial charge >= 0.3 is 6.09 Å². The Bertz CT molecular complexity index is 1430. The van der Waals surface area contributed by atoms with Gasteiger partial charge < -0.3 is 19.1 Å². The minimum atomic E-state index is -3.61. The summed E-state index contributed by atoms with van der Waals surface area (Å²) >= 11 is 6.11. The zero-order valence-corrected chi connectivity index (χ0v) is 26.5. The normalized spacial score (nSPS) is 25.8. The molecule has 0 bridgehead atoms. The molecule has 11 heteroatoms. The van der Waals surface area contributed by atoms with E-state index < -0.39 is 56.6 Å². The Balaban J connectivity index is 1.37. The van der Waals surface area contributed by atoms with Crippen molar-refractivity contribution in [1.29, 1.82) is 0 Å². The number of likely N-dealkylation sites (tertiary alicyclic amines) is 1. The van der Waals surface area contributed by atoms with Gasteiger partial charge in [-0.15, -0.1) is 0 Å². The van der Waals surface area contributed by atoms with Gasteiger partial charge in [0.15, 0.2) is 21.4 Å². The number of sulfone groups is 1. The molecule has 2 aromatic rings. The molecule has 0 aliphatic carbocycles. The van der Waals surface area contributed by atoms with Crippen LogP contribution in [0, 0.1) is 17.6 Å². The highest BCUT2D eigenvalue weighted by molar-refractivity contribution is 7.91. The van der Waals surface area contributed by atoms with Crippen LogP contribution in [0.4, 0.5) is 13.6 Å². The summed E-state index contributed by atoms with van der Waals surface area (Å²) in [5.41, 5.74) is -0.460. The molecule has 2 aromatic carbocycles. The molecule has 7 nitrogen and oxygen atoms in total. The molecule has 3 aliphatic heterocycles. The fraction of sp³-hybridized carbons (Fsp3) is 0.594. The van der Waals surface area contributed by atoms with Crippen LogP contribution in [0.1, 0.15) is 64.0 Å². The van der Waals surface area contributed by atoms with Crippen molar-refractivity contribution in [3.05, 3.63) is 64.2 Å². The SMILES string of the molecule is CC(C)(C)OC(=O)N1CCCC[C@H]1CS(=O)(=O)CC[C@@H]1OCC[C@@]2(Cc3ccc(Cl)cc3)c3c(F)ccc(F)c3OC[C@@H]12. The van der Waals surface area contributed by atoms with Gasteiger partial charge in [-0.3, -0.25) is 0 Å². The number of benzene rings is 2. The molecular formula is C32H40ClF2NO6S.